The maximum Gasteiger partial charge on any atom is 0.307 e. The van der Waals surface area contributed by atoms with Crippen molar-refractivity contribution in [3.05, 3.63) is 34.1 Å². The Bertz CT molecular complexity index is 449. The van der Waals surface area contributed by atoms with Crippen LogP contribution < -0.4 is 0 Å². The number of carbonyl (C=O) groups excluding carboxylic acids is 1. The van der Waals surface area contributed by atoms with E-state index in [2.05, 4.69) is 20.8 Å². The molecule has 1 aromatic rings. The average molecular weight is 346 g/mol. The SMILES string of the molecule is CCOC(=O)CC(c1cc(F)ccc1Br)N(CC)CC. The molecule has 0 bridgehead atoms. The molecule has 0 spiro atoms. The van der Waals surface area contributed by atoms with Crippen molar-refractivity contribution in [2.75, 3.05) is 19.7 Å². The smallest absolute Gasteiger partial charge is 0.307 e. The highest BCUT2D eigenvalue weighted by molar-refractivity contribution is 9.10. The molecule has 0 aliphatic carbocycles. The van der Waals surface area contributed by atoms with Crippen molar-refractivity contribution in [3.63, 3.8) is 0 Å². The van der Waals surface area contributed by atoms with E-state index in [0.717, 1.165) is 23.1 Å². The molecular weight excluding hydrogens is 325 g/mol. The van der Waals surface area contributed by atoms with Gasteiger partial charge in [0.1, 0.15) is 5.82 Å². The molecule has 0 heterocycles. The highest BCUT2D eigenvalue weighted by atomic mass is 79.9. The molecule has 20 heavy (non-hydrogen) atoms. The van der Waals surface area contributed by atoms with Crippen molar-refractivity contribution in [1.82, 2.24) is 4.90 Å². The normalized spacial score (nSPS) is 12.5. The van der Waals surface area contributed by atoms with Gasteiger partial charge in [-0.1, -0.05) is 29.8 Å². The molecule has 0 radical (unpaired) electrons. The largest absolute Gasteiger partial charge is 0.466 e. The molecule has 112 valence electrons. The minimum absolute atomic E-state index is 0.186. The summed E-state index contributed by atoms with van der Waals surface area (Å²) in [6.07, 6.45) is 0.220. The molecule has 1 atom stereocenters. The Hall–Kier alpha value is -0.940. The van der Waals surface area contributed by atoms with Gasteiger partial charge in [0.05, 0.1) is 13.0 Å². The van der Waals surface area contributed by atoms with Crippen molar-refractivity contribution in [2.45, 2.75) is 33.2 Å². The lowest BCUT2D eigenvalue weighted by Gasteiger charge is -2.30. The van der Waals surface area contributed by atoms with Crippen LogP contribution in [0.4, 0.5) is 4.39 Å². The van der Waals surface area contributed by atoms with Gasteiger partial charge in [-0.25, -0.2) is 4.39 Å². The van der Waals surface area contributed by atoms with E-state index in [4.69, 9.17) is 4.74 Å². The van der Waals surface area contributed by atoms with Gasteiger partial charge in [-0.05, 0) is 43.8 Å². The van der Waals surface area contributed by atoms with Crippen LogP contribution in [0, 0.1) is 5.82 Å². The number of carbonyl (C=O) groups is 1. The Morgan fingerprint density at radius 3 is 2.55 bits per heavy atom. The summed E-state index contributed by atoms with van der Waals surface area (Å²) in [5, 5.41) is 0. The molecule has 5 heteroatoms. The van der Waals surface area contributed by atoms with Crippen LogP contribution in [0.25, 0.3) is 0 Å². The van der Waals surface area contributed by atoms with Crippen LogP contribution in [0.3, 0.4) is 0 Å². The lowest BCUT2D eigenvalue weighted by Crippen LogP contribution is -2.31. The van der Waals surface area contributed by atoms with E-state index < -0.39 is 0 Å². The van der Waals surface area contributed by atoms with Crippen molar-refractivity contribution < 1.29 is 13.9 Å². The Balaban J connectivity index is 3.08. The molecule has 0 aliphatic rings. The number of esters is 1. The average Bonchev–Trinajstić information content (AvgIpc) is 2.42. The van der Waals surface area contributed by atoms with Gasteiger partial charge >= 0.3 is 5.97 Å². The summed E-state index contributed by atoms with van der Waals surface area (Å²) < 4.78 is 19.3. The van der Waals surface area contributed by atoms with E-state index in [0.29, 0.717) is 6.61 Å². The molecule has 3 nitrogen and oxygen atoms in total. The molecule has 0 amide bonds. The fourth-order valence-corrected chi connectivity index (χ4v) is 2.76. The number of rotatable bonds is 7. The third-order valence-corrected chi connectivity index (χ3v) is 3.96. The standard InChI is InChI=1S/C15H21BrFNO2/c1-4-18(5-2)14(10-15(19)20-6-3)12-9-11(17)7-8-13(12)16/h7-9,14H,4-6,10H2,1-3H3. The van der Waals surface area contributed by atoms with Crippen molar-refractivity contribution in [3.8, 4) is 0 Å². The lowest BCUT2D eigenvalue weighted by atomic mass is 10.0. The first-order valence-corrected chi connectivity index (χ1v) is 7.67. The first-order chi connectivity index (χ1) is 9.53. The third kappa shape index (κ3) is 4.56. The number of hydrogen-bond acceptors (Lipinski definition) is 3. The predicted octanol–water partition coefficient (Wildman–Crippen LogP) is 3.92. The minimum atomic E-state index is -0.302. The second-order valence-electron chi connectivity index (χ2n) is 4.41. The zero-order valence-electron chi connectivity index (χ0n) is 12.2. The van der Waals surface area contributed by atoms with Gasteiger partial charge in [-0.2, -0.15) is 0 Å². The summed E-state index contributed by atoms with van der Waals surface area (Å²) in [4.78, 5) is 13.9. The molecule has 0 fully saturated rings. The summed E-state index contributed by atoms with van der Waals surface area (Å²) in [5.74, 6) is -0.565. The van der Waals surface area contributed by atoms with Crippen LogP contribution in [-0.2, 0) is 9.53 Å². The predicted molar refractivity (Wildman–Crippen MR) is 81.0 cm³/mol. The fourth-order valence-electron chi connectivity index (χ4n) is 2.25. The van der Waals surface area contributed by atoms with Crippen LogP contribution >= 0.6 is 15.9 Å². The maximum absolute atomic E-state index is 13.5. The number of hydrogen-bond donors (Lipinski definition) is 0. The third-order valence-electron chi connectivity index (χ3n) is 3.24. The van der Waals surface area contributed by atoms with Crippen molar-refractivity contribution in [1.29, 1.82) is 0 Å². The summed E-state index contributed by atoms with van der Waals surface area (Å²) in [7, 11) is 0. The first kappa shape index (κ1) is 17.1. The van der Waals surface area contributed by atoms with Crippen LogP contribution in [0.2, 0.25) is 0 Å². The van der Waals surface area contributed by atoms with E-state index in [-0.39, 0.29) is 24.2 Å². The van der Waals surface area contributed by atoms with E-state index in [9.17, 15) is 9.18 Å². The molecule has 1 rings (SSSR count). The van der Waals surface area contributed by atoms with Gasteiger partial charge < -0.3 is 4.74 Å². The Kier molecular flexibility index (Phi) is 7.16. The van der Waals surface area contributed by atoms with Crippen molar-refractivity contribution >= 4 is 21.9 Å². The molecule has 0 aliphatic heterocycles. The number of ether oxygens (including phenoxy) is 1. The Morgan fingerprint density at radius 2 is 2.00 bits per heavy atom. The van der Waals surface area contributed by atoms with Crippen molar-refractivity contribution in [2.24, 2.45) is 0 Å². The second kappa shape index (κ2) is 8.37. The van der Waals surface area contributed by atoms with E-state index >= 15 is 0 Å². The summed E-state index contributed by atoms with van der Waals surface area (Å²) in [6.45, 7) is 7.74. The van der Waals surface area contributed by atoms with E-state index in [1.54, 1.807) is 13.0 Å². The Morgan fingerprint density at radius 1 is 1.35 bits per heavy atom. The number of halogens is 2. The Labute approximate surface area is 128 Å². The topological polar surface area (TPSA) is 29.5 Å². The van der Waals surface area contributed by atoms with Gasteiger partial charge in [0, 0.05) is 10.5 Å². The lowest BCUT2D eigenvalue weighted by molar-refractivity contribution is -0.144. The van der Waals surface area contributed by atoms with E-state index in [1.165, 1.54) is 12.1 Å². The van der Waals surface area contributed by atoms with Gasteiger partial charge in [-0.15, -0.1) is 0 Å². The zero-order chi connectivity index (χ0) is 15.1. The number of nitrogens with zero attached hydrogens (tertiary/aromatic N) is 1. The van der Waals surface area contributed by atoms with Crippen LogP contribution in [-0.4, -0.2) is 30.6 Å². The van der Waals surface area contributed by atoms with Crippen LogP contribution in [0.5, 0.6) is 0 Å². The zero-order valence-corrected chi connectivity index (χ0v) is 13.7. The molecular formula is C15H21BrFNO2. The van der Waals surface area contributed by atoms with Gasteiger partial charge in [0.2, 0.25) is 0 Å². The van der Waals surface area contributed by atoms with Crippen LogP contribution in [0.15, 0.2) is 22.7 Å². The molecule has 1 unspecified atom stereocenters. The summed E-state index contributed by atoms with van der Waals surface area (Å²) in [5.41, 5.74) is 0.779. The summed E-state index contributed by atoms with van der Waals surface area (Å²) in [6, 6.07) is 4.37. The second-order valence-corrected chi connectivity index (χ2v) is 5.27. The highest BCUT2D eigenvalue weighted by Crippen LogP contribution is 2.31. The summed E-state index contributed by atoms with van der Waals surface area (Å²) >= 11 is 3.44. The van der Waals surface area contributed by atoms with Gasteiger partial charge in [0.15, 0.2) is 0 Å². The number of benzene rings is 1. The van der Waals surface area contributed by atoms with Gasteiger partial charge in [-0.3, -0.25) is 9.69 Å². The molecule has 0 aromatic heterocycles. The minimum Gasteiger partial charge on any atom is -0.466 e. The maximum atomic E-state index is 13.5. The first-order valence-electron chi connectivity index (χ1n) is 6.88. The molecule has 1 aromatic carbocycles. The molecule has 0 saturated heterocycles. The van der Waals surface area contributed by atoms with E-state index in [1.807, 2.05) is 13.8 Å². The molecule has 0 saturated carbocycles. The highest BCUT2D eigenvalue weighted by Gasteiger charge is 2.24. The van der Waals surface area contributed by atoms with Gasteiger partial charge in [0.25, 0.3) is 0 Å². The fraction of sp³-hybridized carbons (Fsp3) is 0.533. The molecule has 0 N–H and O–H groups in total. The monoisotopic (exact) mass is 345 g/mol. The van der Waals surface area contributed by atoms with Crippen LogP contribution in [0.1, 0.15) is 38.8 Å². The quantitative estimate of drug-likeness (QED) is 0.701.